The van der Waals surface area contributed by atoms with E-state index in [9.17, 15) is 4.79 Å². The van der Waals surface area contributed by atoms with Gasteiger partial charge in [-0.1, -0.05) is 15.9 Å². The van der Waals surface area contributed by atoms with E-state index in [0.29, 0.717) is 0 Å². The van der Waals surface area contributed by atoms with E-state index in [-0.39, 0.29) is 12.5 Å². The molecule has 1 heterocycles. The van der Waals surface area contributed by atoms with Crippen molar-refractivity contribution in [2.75, 3.05) is 0 Å². The van der Waals surface area contributed by atoms with E-state index in [4.69, 9.17) is 15.6 Å². The van der Waals surface area contributed by atoms with E-state index in [0.717, 1.165) is 27.8 Å². The lowest BCUT2D eigenvalue weighted by Gasteiger charge is -2.15. The molecule has 0 radical (unpaired) electrons. The Labute approximate surface area is 108 Å². The summed E-state index contributed by atoms with van der Waals surface area (Å²) in [5, 5.41) is 8.78. The Balaban J connectivity index is 2.37. The predicted molar refractivity (Wildman–Crippen MR) is 67.1 cm³/mol. The third-order valence-electron chi connectivity index (χ3n) is 2.78. The summed E-state index contributed by atoms with van der Waals surface area (Å²) in [7, 11) is 0. The summed E-state index contributed by atoms with van der Waals surface area (Å²) in [6.45, 7) is 1.99. The fourth-order valence-corrected chi connectivity index (χ4v) is 2.62. The number of carboxylic acid groups (broad SMARTS) is 1. The summed E-state index contributed by atoms with van der Waals surface area (Å²) in [6.07, 6.45) is 0.859. The highest BCUT2D eigenvalue weighted by molar-refractivity contribution is 9.10. The van der Waals surface area contributed by atoms with Gasteiger partial charge in [0.15, 0.2) is 0 Å². The SMILES string of the molecule is CC1Cc2cc(Br)cc(C(N)CC(=O)O)c2O1. The molecule has 1 aliphatic rings. The lowest BCUT2D eigenvalue weighted by Crippen LogP contribution is -2.16. The number of rotatable bonds is 3. The molecule has 0 fully saturated rings. The molecule has 0 saturated carbocycles. The van der Waals surface area contributed by atoms with Crippen LogP contribution in [0.2, 0.25) is 0 Å². The van der Waals surface area contributed by atoms with Gasteiger partial charge in [-0.2, -0.15) is 0 Å². The third kappa shape index (κ3) is 2.61. The number of carbonyl (C=O) groups is 1. The average molecular weight is 300 g/mol. The van der Waals surface area contributed by atoms with Gasteiger partial charge in [-0.3, -0.25) is 4.79 Å². The largest absolute Gasteiger partial charge is 0.490 e. The summed E-state index contributed by atoms with van der Waals surface area (Å²) in [5.74, 6) is -0.147. The van der Waals surface area contributed by atoms with Crippen LogP contribution in [0, 0.1) is 0 Å². The van der Waals surface area contributed by atoms with Gasteiger partial charge in [0.25, 0.3) is 0 Å². The van der Waals surface area contributed by atoms with E-state index in [1.165, 1.54) is 0 Å². The van der Waals surface area contributed by atoms with E-state index in [1.807, 2.05) is 19.1 Å². The minimum Gasteiger partial charge on any atom is -0.490 e. The Morgan fingerprint density at radius 2 is 2.41 bits per heavy atom. The molecule has 0 saturated heterocycles. The van der Waals surface area contributed by atoms with Gasteiger partial charge in [0, 0.05) is 22.5 Å². The smallest absolute Gasteiger partial charge is 0.305 e. The van der Waals surface area contributed by atoms with Crippen LogP contribution in [0.5, 0.6) is 5.75 Å². The van der Waals surface area contributed by atoms with E-state index in [1.54, 1.807) is 0 Å². The summed E-state index contributed by atoms with van der Waals surface area (Å²) < 4.78 is 6.61. The van der Waals surface area contributed by atoms with Crippen molar-refractivity contribution in [1.82, 2.24) is 0 Å². The number of hydrogen-bond donors (Lipinski definition) is 2. The fourth-order valence-electron chi connectivity index (χ4n) is 2.09. The van der Waals surface area contributed by atoms with Gasteiger partial charge in [0.05, 0.1) is 6.42 Å². The van der Waals surface area contributed by atoms with Crippen LogP contribution in [0.25, 0.3) is 0 Å². The zero-order valence-corrected chi connectivity index (χ0v) is 11.0. The molecule has 1 aromatic carbocycles. The normalized spacial score (nSPS) is 19.6. The van der Waals surface area contributed by atoms with Crippen molar-refractivity contribution in [2.45, 2.75) is 31.9 Å². The van der Waals surface area contributed by atoms with Crippen LogP contribution in [0.3, 0.4) is 0 Å². The zero-order chi connectivity index (χ0) is 12.6. The molecule has 2 unspecified atom stereocenters. The summed E-state index contributed by atoms with van der Waals surface area (Å²) in [5.41, 5.74) is 7.75. The lowest BCUT2D eigenvalue weighted by atomic mass is 10.00. The van der Waals surface area contributed by atoms with Crippen molar-refractivity contribution in [3.8, 4) is 5.75 Å². The molecule has 2 atom stereocenters. The van der Waals surface area contributed by atoms with Gasteiger partial charge in [0.1, 0.15) is 11.9 Å². The maximum absolute atomic E-state index is 10.7. The Hall–Kier alpha value is -1.07. The van der Waals surface area contributed by atoms with E-state index < -0.39 is 12.0 Å². The number of ether oxygens (including phenoxy) is 1. The van der Waals surface area contributed by atoms with Crippen LogP contribution in [0.15, 0.2) is 16.6 Å². The molecule has 4 nitrogen and oxygen atoms in total. The Kier molecular flexibility index (Phi) is 3.40. The molecule has 1 aliphatic heterocycles. The van der Waals surface area contributed by atoms with Crippen molar-refractivity contribution in [1.29, 1.82) is 0 Å². The average Bonchev–Trinajstić information content (AvgIpc) is 2.55. The molecule has 0 spiro atoms. The first kappa shape index (κ1) is 12.4. The van der Waals surface area contributed by atoms with Crippen LogP contribution in [-0.4, -0.2) is 17.2 Å². The van der Waals surface area contributed by atoms with Crippen molar-refractivity contribution < 1.29 is 14.6 Å². The van der Waals surface area contributed by atoms with Gasteiger partial charge >= 0.3 is 5.97 Å². The minimum atomic E-state index is -0.905. The second kappa shape index (κ2) is 4.66. The molecular formula is C12H14BrNO3. The van der Waals surface area contributed by atoms with Gasteiger partial charge in [-0.15, -0.1) is 0 Å². The molecule has 1 aromatic rings. The first-order valence-corrected chi connectivity index (χ1v) is 6.23. The molecule has 92 valence electrons. The predicted octanol–water partition coefficient (Wildman–Crippen LogP) is 2.25. The summed E-state index contributed by atoms with van der Waals surface area (Å²) >= 11 is 3.41. The monoisotopic (exact) mass is 299 g/mol. The van der Waals surface area contributed by atoms with Crippen LogP contribution in [0.1, 0.15) is 30.5 Å². The maximum Gasteiger partial charge on any atom is 0.305 e. The van der Waals surface area contributed by atoms with Crippen LogP contribution < -0.4 is 10.5 Å². The van der Waals surface area contributed by atoms with Gasteiger partial charge < -0.3 is 15.6 Å². The number of benzene rings is 1. The van der Waals surface area contributed by atoms with E-state index >= 15 is 0 Å². The number of fused-ring (bicyclic) bond motifs is 1. The number of halogens is 1. The zero-order valence-electron chi connectivity index (χ0n) is 9.44. The highest BCUT2D eigenvalue weighted by Gasteiger charge is 2.26. The first-order chi connectivity index (χ1) is 7.97. The van der Waals surface area contributed by atoms with Crippen molar-refractivity contribution >= 4 is 21.9 Å². The second-order valence-electron chi connectivity index (χ2n) is 4.32. The van der Waals surface area contributed by atoms with Gasteiger partial charge in [-0.05, 0) is 24.6 Å². The maximum atomic E-state index is 10.7. The molecule has 5 heteroatoms. The third-order valence-corrected chi connectivity index (χ3v) is 3.24. The topological polar surface area (TPSA) is 72.6 Å². The van der Waals surface area contributed by atoms with Crippen molar-refractivity contribution in [2.24, 2.45) is 5.73 Å². The van der Waals surface area contributed by atoms with Crippen molar-refractivity contribution in [3.05, 3.63) is 27.7 Å². The molecule has 0 aliphatic carbocycles. The minimum absolute atomic E-state index is 0.0966. The van der Waals surface area contributed by atoms with Crippen LogP contribution in [0.4, 0.5) is 0 Å². The molecule has 2 rings (SSSR count). The molecule has 17 heavy (non-hydrogen) atoms. The fraction of sp³-hybridized carbons (Fsp3) is 0.417. The quantitative estimate of drug-likeness (QED) is 0.898. The molecule has 0 aromatic heterocycles. The second-order valence-corrected chi connectivity index (χ2v) is 5.24. The number of hydrogen-bond acceptors (Lipinski definition) is 3. The molecule has 0 amide bonds. The molecule has 0 bridgehead atoms. The van der Waals surface area contributed by atoms with Gasteiger partial charge in [-0.25, -0.2) is 0 Å². The molecule has 3 N–H and O–H groups in total. The highest BCUT2D eigenvalue weighted by Crippen LogP contribution is 2.38. The Morgan fingerprint density at radius 3 is 3.06 bits per heavy atom. The number of aliphatic carboxylic acids is 1. The van der Waals surface area contributed by atoms with E-state index in [2.05, 4.69) is 15.9 Å². The first-order valence-electron chi connectivity index (χ1n) is 5.43. The summed E-state index contributed by atoms with van der Waals surface area (Å²) in [6, 6.07) is 3.30. The standard InChI is InChI=1S/C12H14BrNO3/c1-6-2-7-3-8(13)4-9(12(7)17-6)10(14)5-11(15)16/h3-4,6,10H,2,5,14H2,1H3,(H,15,16). The number of nitrogens with two attached hydrogens (primary N) is 1. The van der Waals surface area contributed by atoms with Crippen LogP contribution in [-0.2, 0) is 11.2 Å². The van der Waals surface area contributed by atoms with Crippen molar-refractivity contribution in [3.63, 3.8) is 0 Å². The summed E-state index contributed by atoms with van der Waals surface area (Å²) in [4.78, 5) is 10.7. The van der Waals surface area contributed by atoms with Gasteiger partial charge in [0.2, 0.25) is 0 Å². The number of carboxylic acids is 1. The lowest BCUT2D eigenvalue weighted by molar-refractivity contribution is -0.137. The van der Waals surface area contributed by atoms with Crippen LogP contribution >= 0.6 is 15.9 Å². The highest BCUT2D eigenvalue weighted by atomic mass is 79.9. The Morgan fingerprint density at radius 1 is 1.71 bits per heavy atom. The Bertz CT molecular complexity index is 461. The molecular weight excluding hydrogens is 286 g/mol.